The first-order chi connectivity index (χ1) is 14.0. The topological polar surface area (TPSA) is 109 Å². The number of nitrogens with two attached hydrogens (primary N) is 1. The number of aromatic nitrogens is 4. The Hall–Kier alpha value is -3.16. The molecule has 8 heteroatoms. The minimum Gasteiger partial charge on any atom is -0.485 e. The minimum atomic E-state index is -0.325. The SMILES string of the molecule is Cc1cc2c(c(=O)o1)C=C1CC[C@H]([C@H](C)Cn3cnc(N)c4ncnc3-4)C[C@@H]1O2. The molecular formula is C21H23N5O3. The lowest BCUT2D eigenvalue weighted by atomic mass is 9.76. The van der Waals surface area contributed by atoms with Crippen molar-refractivity contribution in [2.75, 3.05) is 5.73 Å². The zero-order valence-corrected chi connectivity index (χ0v) is 16.5. The lowest BCUT2D eigenvalue weighted by Crippen LogP contribution is -2.34. The fourth-order valence-electron chi connectivity index (χ4n) is 4.51. The first-order valence-corrected chi connectivity index (χ1v) is 9.92. The third kappa shape index (κ3) is 3.08. The smallest absolute Gasteiger partial charge is 0.346 e. The number of imidazole rings is 1. The summed E-state index contributed by atoms with van der Waals surface area (Å²) < 4.78 is 13.5. The Balaban J connectivity index is 1.34. The van der Waals surface area contributed by atoms with Crippen LogP contribution >= 0.6 is 0 Å². The van der Waals surface area contributed by atoms with Gasteiger partial charge in [0.05, 0.1) is 6.33 Å². The van der Waals surface area contributed by atoms with Gasteiger partial charge in [-0.2, -0.15) is 0 Å². The van der Waals surface area contributed by atoms with Crippen molar-refractivity contribution in [2.24, 2.45) is 11.8 Å². The van der Waals surface area contributed by atoms with Gasteiger partial charge in [0.25, 0.3) is 0 Å². The van der Waals surface area contributed by atoms with Gasteiger partial charge >= 0.3 is 5.63 Å². The van der Waals surface area contributed by atoms with Crippen LogP contribution in [0.5, 0.6) is 5.75 Å². The molecule has 29 heavy (non-hydrogen) atoms. The highest BCUT2D eigenvalue weighted by Crippen LogP contribution is 2.40. The molecule has 150 valence electrons. The fourth-order valence-corrected chi connectivity index (χ4v) is 4.51. The van der Waals surface area contributed by atoms with E-state index in [9.17, 15) is 4.79 Å². The molecule has 0 aromatic carbocycles. The summed E-state index contributed by atoms with van der Waals surface area (Å²) in [4.78, 5) is 24.9. The van der Waals surface area contributed by atoms with Crippen LogP contribution in [0.15, 0.2) is 33.5 Å². The van der Waals surface area contributed by atoms with E-state index in [1.54, 1.807) is 19.3 Å². The van der Waals surface area contributed by atoms with Crippen LogP contribution in [0.1, 0.15) is 37.5 Å². The summed E-state index contributed by atoms with van der Waals surface area (Å²) >= 11 is 0. The molecule has 0 saturated heterocycles. The second kappa shape index (κ2) is 6.72. The number of rotatable bonds is 3. The Labute approximate surface area is 167 Å². The molecular weight excluding hydrogens is 370 g/mol. The summed E-state index contributed by atoms with van der Waals surface area (Å²) in [5.41, 5.74) is 7.94. The van der Waals surface area contributed by atoms with Crippen molar-refractivity contribution < 1.29 is 9.15 Å². The van der Waals surface area contributed by atoms with Crippen molar-refractivity contribution in [1.82, 2.24) is 19.5 Å². The van der Waals surface area contributed by atoms with E-state index in [1.807, 2.05) is 10.6 Å². The number of hydrogen-bond acceptors (Lipinski definition) is 7. The molecule has 5 rings (SSSR count). The van der Waals surface area contributed by atoms with E-state index in [0.717, 1.165) is 31.6 Å². The second-order valence-electron chi connectivity index (χ2n) is 8.09. The van der Waals surface area contributed by atoms with Crippen molar-refractivity contribution in [3.63, 3.8) is 0 Å². The van der Waals surface area contributed by atoms with Crippen LogP contribution in [0.3, 0.4) is 0 Å². The number of aryl methyl sites for hydroxylation is 1. The van der Waals surface area contributed by atoms with E-state index in [4.69, 9.17) is 14.9 Å². The average molecular weight is 393 g/mol. The first kappa shape index (κ1) is 17.9. The summed E-state index contributed by atoms with van der Waals surface area (Å²) in [7, 11) is 0. The quantitative estimate of drug-likeness (QED) is 0.728. The Morgan fingerprint density at radius 2 is 2.21 bits per heavy atom. The van der Waals surface area contributed by atoms with Crippen molar-refractivity contribution in [3.05, 3.63) is 46.0 Å². The number of hydrogen-bond donors (Lipinski definition) is 1. The van der Waals surface area contributed by atoms with Crippen molar-refractivity contribution in [2.45, 2.75) is 45.8 Å². The van der Waals surface area contributed by atoms with E-state index in [-0.39, 0.29) is 11.7 Å². The number of nitrogens with zero attached hydrogens (tertiary/aromatic N) is 4. The molecule has 4 aliphatic rings. The monoisotopic (exact) mass is 393 g/mol. The summed E-state index contributed by atoms with van der Waals surface area (Å²) in [6.07, 6.45) is 8.14. The normalized spacial score (nSPS) is 21.8. The van der Waals surface area contributed by atoms with Gasteiger partial charge in [0.2, 0.25) is 0 Å². The fraction of sp³-hybridized carbons (Fsp3) is 0.429. The second-order valence-corrected chi connectivity index (χ2v) is 8.09. The van der Waals surface area contributed by atoms with Gasteiger partial charge in [-0.1, -0.05) is 6.92 Å². The largest absolute Gasteiger partial charge is 0.485 e. The van der Waals surface area contributed by atoms with Gasteiger partial charge in [0.15, 0.2) is 11.6 Å². The zero-order valence-electron chi connectivity index (χ0n) is 16.5. The third-order valence-electron chi connectivity index (χ3n) is 6.13. The number of nitrogen functional groups attached to an aromatic ring is 1. The van der Waals surface area contributed by atoms with Crippen molar-refractivity contribution >= 4 is 11.9 Å². The Kier molecular flexibility index (Phi) is 4.15. The van der Waals surface area contributed by atoms with Crippen LogP contribution < -0.4 is 16.1 Å². The van der Waals surface area contributed by atoms with Gasteiger partial charge < -0.3 is 19.5 Å². The minimum absolute atomic E-state index is 0.0122. The molecule has 8 nitrogen and oxygen atoms in total. The summed E-state index contributed by atoms with van der Waals surface area (Å²) in [6.45, 7) is 4.81. The van der Waals surface area contributed by atoms with E-state index in [1.165, 1.54) is 11.9 Å². The van der Waals surface area contributed by atoms with Crippen LogP contribution in [0.4, 0.5) is 5.82 Å². The summed E-state index contributed by atoms with van der Waals surface area (Å²) in [5, 5.41) is 0. The van der Waals surface area contributed by atoms with Crippen LogP contribution in [-0.4, -0.2) is 25.6 Å². The van der Waals surface area contributed by atoms with Crippen molar-refractivity contribution in [1.29, 1.82) is 0 Å². The van der Waals surface area contributed by atoms with Gasteiger partial charge in [-0.15, -0.1) is 0 Å². The Morgan fingerprint density at radius 3 is 3.07 bits per heavy atom. The van der Waals surface area contributed by atoms with Gasteiger partial charge in [0.1, 0.15) is 35.2 Å². The lowest BCUT2D eigenvalue weighted by Gasteiger charge is -2.37. The number of anilines is 1. The van der Waals surface area contributed by atoms with Gasteiger partial charge in [0, 0.05) is 12.6 Å². The highest BCUT2D eigenvalue weighted by atomic mass is 16.5. The van der Waals surface area contributed by atoms with Crippen LogP contribution in [0.25, 0.3) is 17.6 Å². The summed E-state index contributed by atoms with van der Waals surface area (Å²) in [6, 6.07) is 1.80. The maximum Gasteiger partial charge on any atom is 0.346 e. The van der Waals surface area contributed by atoms with Crippen molar-refractivity contribution in [3.8, 4) is 17.3 Å². The van der Waals surface area contributed by atoms with E-state index in [2.05, 4.69) is 21.9 Å². The van der Waals surface area contributed by atoms with E-state index < -0.39 is 0 Å². The third-order valence-corrected chi connectivity index (χ3v) is 6.13. The van der Waals surface area contributed by atoms with Gasteiger partial charge in [-0.05, 0) is 49.7 Å². The highest BCUT2D eigenvalue weighted by molar-refractivity contribution is 5.64. The molecule has 0 radical (unpaired) electrons. The highest BCUT2D eigenvalue weighted by Gasteiger charge is 2.34. The van der Waals surface area contributed by atoms with Gasteiger partial charge in [-0.3, -0.25) is 0 Å². The maximum absolute atomic E-state index is 12.1. The molecule has 1 aromatic rings. The molecule has 0 spiro atoms. The molecule has 0 amide bonds. The standard InChI is InChI=1S/C21H23N5O3/c1-11(8-26-10-25-19(22)18-20(26)24-9-23-18)13-3-4-14-6-15-17(29-16(14)7-13)5-12(2)28-21(15)27/h5-6,9-11,13,16H,3-4,7-8,22H2,1-2H3/t11-,13+,16+/m1/s1. The molecule has 4 heterocycles. The van der Waals surface area contributed by atoms with Gasteiger partial charge in [-0.25, -0.2) is 19.7 Å². The zero-order chi connectivity index (χ0) is 20.1. The van der Waals surface area contributed by atoms with E-state index in [0.29, 0.717) is 40.4 Å². The lowest BCUT2D eigenvalue weighted by molar-refractivity contribution is 0.135. The van der Waals surface area contributed by atoms with Crippen LogP contribution in [-0.2, 0) is 6.54 Å². The molecule has 1 aromatic heterocycles. The summed E-state index contributed by atoms with van der Waals surface area (Å²) in [5.74, 6) is 3.26. The molecule has 1 saturated carbocycles. The molecule has 3 atom stereocenters. The maximum atomic E-state index is 12.1. The van der Waals surface area contributed by atoms with E-state index >= 15 is 0 Å². The molecule has 1 aliphatic carbocycles. The molecule has 0 bridgehead atoms. The average Bonchev–Trinajstić information content (AvgIpc) is 3.19. The predicted octanol–water partition coefficient (Wildman–Crippen LogP) is 2.90. The first-order valence-electron chi connectivity index (χ1n) is 9.92. The number of fused-ring (bicyclic) bond motifs is 3. The molecule has 0 unspecified atom stereocenters. The Morgan fingerprint density at radius 1 is 1.34 bits per heavy atom. The van der Waals surface area contributed by atoms with Crippen LogP contribution in [0.2, 0.25) is 0 Å². The van der Waals surface area contributed by atoms with Crippen LogP contribution in [0, 0.1) is 18.8 Å². The number of ether oxygens (including phenoxy) is 1. The molecule has 2 N–H and O–H groups in total. The predicted molar refractivity (Wildman–Crippen MR) is 107 cm³/mol. The molecule has 1 fully saturated rings. The Bertz CT molecular complexity index is 1130. The molecule has 3 aliphatic heterocycles.